The van der Waals surface area contributed by atoms with Gasteiger partial charge in [0, 0.05) is 38.3 Å². The molecule has 0 N–H and O–H groups in total. The van der Waals surface area contributed by atoms with Gasteiger partial charge in [-0.3, -0.25) is 4.90 Å². The smallest absolute Gasteiger partial charge is 0.131 e. The van der Waals surface area contributed by atoms with Crippen molar-refractivity contribution < 1.29 is 0 Å². The second-order valence-electron chi connectivity index (χ2n) is 3.94. The summed E-state index contributed by atoms with van der Waals surface area (Å²) in [5, 5.41) is 0. The lowest BCUT2D eigenvalue weighted by atomic mass is 10.3. The van der Waals surface area contributed by atoms with Gasteiger partial charge in [-0.2, -0.15) is 0 Å². The molecule has 5 heteroatoms. The Labute approximate surface area is 101 Å². The fourth-order valence-corrected chi connectivity index (χ4v) is 2.07. The first-order valence-electron chi connectivity index (χ1n) is 5.69. The molecular weight excluding hydrogens is 224 g/mol. The lowest BCUT2D eigenvalue weighted by Gasteiger charge is -2.35. The predicted octanol–water partition coefficient (Wildman–Crippen LogP) is 1.23. The molecule has 4 nitrogen and oxygen atoms in total. The van der Waals surface area contributed by atoms with Gasteiger partial charge in [0.05, 0.1) is 0 Å². The van der Waals surface area contributed by atoms with Gasteiger partial charge in [-0.05, 0) is 19.0 Å². The minimum Gasteiger partial charge on any atom is -0.354 e. The van der Waals surface area contributed by atoms with Gasteiger partial charge in [0.2, 0.25) is 0 Å². The molecule has 0 unspecified atom stereocenters. The molecule has 1 aliphatic rings. The molecule has 88 valence electrons. The van der Waals surface area contributed by atoms with Crippen LogP contribution in [0.15, 0.2) is 18.6 Å². The molecule has 2 heterocycles. The second-order valence-corrected chi connectivity index (χ2v) is 4.32. The third-order valence-electron chi connectivity index (χ3n) is 2.87. The number of aromatic nitrogens is 2. The molecule has 0 spiro atoms. The molecule has 0 saturated carbocycles. The summed E-state index contributed by atoms with van der Waals surface area (Å²) in [6.45, 7) is 5.39. The third kappa shape index (κ3) is 3.06. The van der Waals surface area contributed by atoms with E-state index in [-0.39, 0.29) is 0 Å². The molecule has 1 saturated heterocycles. The number of anilines is 1. The van der Waals surface area contributed by atoms with Gasteiger partial charge in [0.1, 0.15) is 12.1 Å². The first-order valence-corrected chi connectivity index (χ1v) is 6.23. The Bertz CT molecular complexity index is 298. The first kappa shape index (κ1) is 11.6. The highest BCUT2D eigenvalue weighted by Gasteiger charge is 2.16. The van der Waals surface area contributed by atoms with Crippen molar-refractivity contribution in [3.8, 4) is 0 Å². The zero-order chi connectivity index (χ0) is 11.2. The van der Waals surface area contributed by atoms with Crippen LogP contribution in [0.2, 0.25) is 0 Å². The summed E-state index contributed by atoms with van der Waals surface area (Å²) in [5.41, 5.74) is 0. The average molecular weight is 241 g/mol. The normalized spacial score (nSPS) is 17.7. The van der Waals surface area contributed by atoms with Crippen LogP contribution in [0.3, 0.4) is 0 Å². The van der Waals surface area contributed by atoms with Gasteiger partial charge in [-0.15, -0.1) is 11.6 Å². The van der Waals surface area contributed by atoms with Gasteiger partial charge < -0.3 is 4.90 Å². The highest BCUT2D eigenvalue weighted by atomic mass is 35.5. The van der Waals surface area contributed by atoms with Gasteiger partial charge in [0.15, 0.2) is 0 Å². The Kier molecular flexibility index (Phi) is 4.36. The van der Waals surface area contributed by atoms with Gasteiger partial charge in [-0.25, -0.2) is 9.97 Å². The van der Waals surface area contributed by atoms with Gasteiger partial charge in [-0.1, -0.05) is 0 Å². The van der Waals surface area contributed by atoms with E-state index in [4.69, 9.17) is 11.6 Å². The molecule has 1 aliphatic heterocycles. The number of piperazine rings is 1. The van der Waals surface area contributed by atoms with Crippen molar-refractivity contribution >= 4 is 17.4 Å². The Morgan fingerprint density at radius 1 is 1.25 bits per heavy atom. The van der Waals surface area contributed by atoms with Gasteiger partial charge >= 0.3 is 0 Å². The molecule has 1 fully saturated rings. The monoisotopic (exact) mass is 240 g/mol. The quantitative estimate of drug-likeness (QED) is 0.741. The zero-order valence-electron chi connectivity index (χ0n) is 9.35. The lowest BCUT2D eigenvalue weighted by Crippen LogP contribution is -2.47. The van der Waals surface area contributed by atoms with Gasteiger partial charge in [0.25, 0.3) is 0 Å². The van der Waals surface area contributed by atoms with E-state index in [1.807, 2.05) is 6.07 Å². The Morgan fingerprint density at radius 3 is 2.69 bits per heavy atom. The van der Waals surface area contributed by atoms with Crippen molar-refractivity contribution in [2.24, 2.45) is 0 Å². The van der Waals surface area contributed by atoms with Crippen molar-refractivity contribution in [1.82, 2.24) is 14.9 Å². The zero-order valence-corrected chi connectivity index (χ0v) is 10.1. The van der Waals surface area contributed by atoms with E-state index in [0.29, 0.717) is 0 Å². The number of alkyl halides is 1. The summed E-state index contributed by atoms with van der Waals surface area (Å²) >= 11 is 5.69. The number of hydrogen-bond donors (Lipinski definition) is 0. The lowest BCUT2D eigenvalue weighted by molar-refractivity contribution is 0.258. The van der Waals surface area contributed by atoms with Crippen LogP contribution in [0.5, 0.6) is 0 Å². The number of hydrogen-bond acceptors (Lipinski definition) is 4. The van der Waals surface area contributed by atoms with Crippen molar-refractivity contribution in [1.29, 1.82) is 0 Å². The maximum atomic E-state index is 5.69. The topological polar surface area (TPSA) is 32.3 Å². The summed E-state index contributed by atoms with van der Waals surface area (Å²) in [5.74, 6) is 1.79. The summed E-state index contributed by atoms with van der Waals surface area (Å²) < 4.78 is 0. The minimum absolute atomic E-state index is 0.756. The number of nitrogens with zero attached hydrogens (tertiary/aromatic N) is 4. The molecule has 0 amide bonds. The van der Waals surface area contributed by atoms with Crippen molar-refractivity contribution in [2.45, 2.75) is 6.42 Å². The molecule has 0 radical (unpaired) electrons. The van der Waals surface area contributed by atoms with E-state index in [1.165, 1.54) is 0 Å². The molecule has 1 aromatic heterocycles. The van der Waals surface area contributed by atoms with E-state index in [1.54, 1.807) is 12.5 Å². The van der Waals surface area contributed by atoms with E-state index in [9.17, 15) is 0 Å². The van der Waals surface area contributed by atoms with Crippen LogP contribution in [0.4, 0.5) is 5.82 Å². The third-order valence-corrected chi connectivity index (χ3v) is 3.14. The first-order chi connectivity index (χ1) is 7.90. The standard InChI is InChI=1S/C11H17ClN4/c12-3-1-5-15-6-8-16(9-7-15)11-2-4-13-10-14-11/h2,4,10H,1,3,5-9H2. The molecule has 0 aliphatic carbocycles. The summed E-state index contributed by atoms with van der Waals surface area (Å²) in [6, 6.07) is 1.97. The second kappa shape index (κ2) is 6.01. The Morgan fingerprint density at radius 2 is 2.06 bits per heavy atom. The van der Waals surface area contributed by atoms with Crippen LogP contribution in [-0.2, 0) is 0 Å². The average Bonchev–Trinajstić information content (AvgIpc) is 2.38. The summed E-state index contributed by atoms with van der Waals surface area (Å²) in [6.07, 6.45) is 4.48. The molecular formula is C11H17ClN4. The minimum atomic E-state index is 0.756. The molecule has 1 aromatic rings. The van der Waals surface area contributed by atoms with E-state index in [2.05, 4.69) is 19.8 Å². The van der Waals surface area contributed by atoms with Crippen LogP contribution >= 0.6 is 11.6 Å². The molecule has 2 rings (SSSR count). The van der Waals surface area contributed by atoms with Crippen molar-refractivity contribution in [3.05, 3.63) is 18.6 Å². The number of rotatable bonds is 4. The fourth-order valence-electron chi connectivity index (χ4n) is 1.95. The van der Waals surface area contributed by atoms with Crippen LogP contribution < -0.4 is 4.90 Å². The highest BCUT2D eigenvalue weighted by molar-refractivity contribution is 6.17. The van der Waals surface area contributed by atoms with E-state index < -0.39 is 0 Å². The van der Waals surface area contributed by atoms with Crippen LogP contribution in [0, 0.1) is 0 Å². The fraction of sp³-hybridized carbons (Fsp3) is 0.636. The largest absolute Gasteiger partial charge is 0.354 e. The van der Waals surface area contributed by atoms with Crippen LogP contribution in [-0.4, -0.2) is 53.5 Å². The summed E-state index contributed by atoms with van der Waals surface area (Å²) in [7, 11) is 0. The molecule has 0 aromatic carbocycles. The van der Waals surface area contributed by atoms with Crippen LogP contribution in [0.25, 0.3) is 0 Å². The molecule has 16 heavy (non-hydrogen) atoms. The maximum absolute atomic E-state index is 5.69. The van der Waals surface area contributed by atoms with E-state index in [0.717, 1.165) is 50.8 Å². The number of halogens is 1. The maximum Gasteiger partial charge on any atom is 0.131 e. The Balaban J connectivity index is 1.81. The summed E-state index contributed by atoms with van der Waals surface area (Å²) in [4.78, 5) is 13.0. The van der Waals surface area contributed by atoms with Crippen molar-refractivity contribution in [2.75, 3.05) is 43.5 Å². The van der Waals surface area contributed by atoms with Crippen LogP contribution in [0.1, 0.15) is 6.42 Å². The predicted molar refractivity (Wildman–Crippen MR) is 66.0 cm³/mol. The van der Waals surface area contributed by atoms with Crippen molar-refractivity contribution in [3.63, 3.8) is 0 Å². The molecule has 0 bridgehead atoms. The highest BCUT2D eigenvalue weighted by Crippen LogP contribution is 2.11. The Hall–Kier alpha value is -0.870. The SMILES string of the molecule is ClCCCN1CCN(c2ccncn2)CC1. The molecule has 0 atom stereocenters. The van der Waals surface area contributed by atoms with E-state index >= 15 is 0 Å².